The van der Waals surface area contributed by atoms with Crippen molar-refractivity contribution in [3.05, 3.63) is 32.2 Å². The topological polar surface area (TPSA) is 66.2 Å². The lowest BCUT2D eigenvalue weighted by atomic mass is 10.2. The second-order valence-electron chi connectivity index (χ2n) is 6.60. The molecule has 0 aromatic carbocycles. The maximum absolute atomic E-state index is 12.6. The summed E-state index contributed by atoms with van der Waals surface area (Å²) in [5.74, 6) is 0.778. The molecule has 1 fully saturated rings. The molecule has 3 aromatic rings. The predicted molar refractivity (Wildman–Crippen MR) is 88.1 cm³/mol. The van der Waals surface area contributed by atoms with Gasteiger partial charge in [0.1, 0.15) is 0 Å². The number of hydrogen-bond donors (Lipinski definition) is 0. The summed E-state index contributed by atoms with van der Waals surface area (Å²) in [4.78, 5) is 29.5. The zero-order chi connectivity index (χ0) is 16.5. The second-order valence-corrected chi connectivity index (χ2v) is 6.60. The van der Waals surface area contributed by atoms with Crippen LogP contribution in [0.25, 0.3) is 16.9 Å². The van der Waals surface area contributed by atoms with Gasteiger partial charge in [-0.15, -0.1) is 0 Å². The normalized spacial score (nSPS) is 16.2. The molecule has 23 heavy (non-hydrogen) atoms. The minimum atomic E-state index is -0.343. The smallest absolute Gasteiger partial charge is 0.311 e. The highest BCUT2D eigenvalue weighted by atomic mass is 16.2. The van der Waals surface area contributed by atoms with Crippen molar-refractivity contribution in [2.75, 3.05) is 0 Å². The third-order valence-corrected chi connectivity index (χ3v) is 5.37. The van der Waals surface area contributed by atoms with E-state index in [9.17, 15) is 9.59 Å². The zero-order valence-corrected chi connectivity index (χ0v) is 14.0. The number of nitrogens with zero attached hydrogens (tertiary/aromatic N) is 5. The third-order valence-electron chi connectivity index (χ3n) is 5.37. The van der Waals surface area contributed by atoms with Crippen LogP contribution in [0.2, 0.25) is 0 Å². The first-order valence-corrected chi connectivity index (χ1v) is 8.09. The second kappa shape index (κ2) is 4.59. The molecule has 3 aromatic heterocycles. The van der Waals surface area contributed by atoms with E-state index in [1.54, 1.807) is 7.05 Å². The summed E-state index contributed by atoms with van der Waals surface area (Å²) >= 11 is 0. The average molecular weight is 315 g/mol. The molecule has 0 bridgehead atoms. The van der Waals surface area contributed by atoms with Gasteiger partial charge in [0.15, 0.2) is 11.2 Å². The van der Waals surface area contributed by atoms with Gasteiger partial charge in [-0.05, 0) is 26.7 Å². The molecule has 0 N–H and O–H groups in total. The van der Waals surface area contributed by atoms with Crippen LogP contribution in [0, 0.1) is 13.8 Å². The van der Waals surface area contributed by atoms with Gasteiger partial charge >= 0.3 is 5.69 Å². The standard InChI is InChI=1S/C16H21N5O2/c1-9-10(2)21-12-13(18(3)16(23)19(4)14(12)22)17-15(21)20(9)11-7-5-6-8-11/h11H,5-8H2,1-4H3. The molecule has 0 radical (unpaired) electrons. The van der Waals surface area contributed by atoms with Crippen molar-refractivity contribution in [3.8, 4) is 0 Å². The van der Waals surface area contributed by atoms with E-state index in [-0.39, 0.29) is 11.2 Å². The Bertz CT molecular complexity index is 1060. The van der Waals surface area contributed by atoms with Crippen LogP contribution in [0.4, 0.5) is 0 Å². The molecule has 7 heteroatoms. The van der Waals surface area contributed by atoms with Crippen molar-refractivity contribution < 1.29 is 0 Å². The van der Waals surface area contributed by atoms with E-state index in [0.717, 1.165) is 34.6 Å². The van der Waals surface area contributed by atoms with Crippen LogP contribution in [-0.2, 0) is 14.1 Å². The number of imidazole rings is 2. The van der Waals surface area contributed by atoms with Crippen LogP contribution in [0.15, 0.2) is 9.59 Å². The highest BCUT2D eigenvalue weighted by Crippen LogP contribution is 2.34. The Hall–Kier alpha value is -2.31. The molecule has 0 aliphatic heterocycles. The Morgan fingerprint density at radius 3 is 2.30 bits per heavy atom. The lowest BCUT2D eigenvalue weighted by molar-refractivity contribution is 0.520. The number of fused-ring (bicyclic) bond motifs is 3. The molecule has 0 amide bonds. The SMILES string of the molecule is Cc1c(C)n2c3c(=O)n(C)c(=O)n(C)c3nc2n1C1CCCC1. The summed E-state index contributed by atoms with van der Waals surface area (Å²) in [6, 6.07) is 0.434. The molecule has 1 aliphatic rings. The fourth-order valence-electron chi connectivity index (χ4n) is 3.95. The monoisotopic (exact) mass is 315 g/mol. The van der Waals surface area contributed by atoms with Crippen molar-refractivity contribution >= 4 is 16.9 Å². The molecule has 122 valence electrons. The van der Waals surface area contributed by atoms with Gasteiger partial charge in [0.05, 0.1) is 0 Å². The van der Waals surface area contributed by atoms with Gasteiger partial charge in [0.25, 0.3) is 5.56 Å². The largest absolute Gasteiger partial charge is 0.332 e. The minimum Gasteiger partial charge on any atom is -0.311 e. The summed E-state index contributed by atoms with van der Waals surface area (Å²) < 4.78 is 6.78. The first kappa shape index (κ1) is 14.3. The predicted octanol–water partition coefficient (Wildman–Crippen LogP) is 1.42. The van der Waals surface area contributed by atoms with Gasteiger partial charge in [-0.2, -0.15) is 4.98 Å². The van der Waals surface area contributed by atoms with Crippen LogP contribution in [0.5, 0.6) is 0 Å². The van der Waals surface area contributed by atoms with Gasteiger partial charge < -0.3 is 4.57 Å². The maximum Gasteiger partial charge on any atom is 0.332 e. The van der Waals surface area contributed by atoms with Crippen LogP contribution in [0.3, 0.4) is 0 Å². The third kappa shape index (κ3) is 1.67. The van der Waals surface area contributed by atoms with E-state index < -0.39 is 0 Å². The fourth-order valence-corrected chi connectivity index (χ4v) is 3.95. The van der Waals surface area contributed by atoms with E-state index in [0.29, 0.717) is 17.2 Å². The number of rotatable bonds is 1. The molecule has 0 saturated heterocycles. The van der Waals surface area contributed by atoms with Crippen LogP contribution in [0.1, 0.15) is 43.1 Å². The molecule has 1 saturated carbocycles. The van der Waals surface area contributed by atoms with E-state index in [1.165, 1.54) is 24.5 Å². The van der Waals surface area contributed by atoms with Gasteiger partial charge in [0, 0.05) is 31.5 Å². The van der Waals surface area contributed by atoms with E-state index in [4.69, 9.17) is 0 Å². The summed E-state index contributed by atoms with van der Waals surface area (Å²) in [7, 11) is 3.18. The Labute approximate surface area is 132 Å². The summed E-state index contributed by atoms with van der Waals surface area (Å²) in [6.07, 6.45) is 4.75. The van der Waals surface area contributed by atoms with Gasteiger partial charge in [0.2, 0.25) is 5.78 Å². The minimum absolute atomic E-state index is 0.290. The lowest BCUT2D eigenvalue weighted by Gasteiger charge is -2.13. The lowest BCUT2D eigenvalue weighted by Crippen LogP contribution is -2.37. The molecule has 7 nitrogen and oxygen atoms in total. The molecule has 0 unspecified atom stereocenters. The zero-order valence-electron chi connectivity index (χ0n) is 14.0. The molecular formula is C16H21N5O2. The molecule has 0 atom stereocenters. The quantitative estimate of drug-likeness (QED) is 0.682. The average Bonchev–Trinajstić information content (AvgIpc) is 3.22. The van der Waals surface area contributed by atoms with Crippen molar-refractivity contribution in [2.24, 2.45) is 14.1 Å². The summed E-state index contributed by atoms with van der Waals surface area (Å²) in [5.41, 5.74) is 2.49. The number of hydrogen-bond acceptors (Lipinski definition) is 3. The van der Waals surface area contributed by atoms with Gasteiger partial charge in [-0.1, -0.05) is 12.8 Å². The van der Waals surface area contributed by atoms with Gasteiger partial charge in [-0.3, -0.25) is 18.3 Å². The van der Waals surface area contributed by atoms with Gasteiger partial charge in [-0.25, -0.2) is 4.79 Å². The first-order valence-electron chi connectivity index (χ1n) is 8.09. The Morgan fingerprint density at radius 2 is 1.65 bits per heavy atom. The molecular weight excluding hydrogens is 294 g/mol. The molecule has 1 aliphatic carbocycles. The number of aryl methyl sites for hydroxylation is 2. The first-order chi connectivity index (χ1) is 10.9. The maximum atomic E-state index is 12.6. The highest BCUT2D eigenvalue weighted by Gasteiger charge is 2.26. The van der Waals surface area contributed by atoms with Crippen molar-refractivity contribution in [2.45, 2.75) is 45.6 Å². The van der Waals surface area contributed by atoms with E-state index >= 15 is 0 Å². The fraction of sp³-hybridized carbons (Fsp3) is 0.562. The summed E-state index contributed by atoms with van der Waals surface area (Å²) in [5, 5.41) is 0. The van der Waals surface area contributed by atoms with Crippen molar-refractivity contribution in [3.63, 3.8) is 0 Å². The van der Waals surface area contributed by atoms with Crippen molar-refractivity contribution in [1.82, 2.24) is 23.1 Å². The van der Waals surface area contributed by atoms with Crippen molar-refractivity contribution in [1.29, 1.82) is 0 Å². The Morgan fingerprint density at radius 1 is 1.00 bits per heavy atom. The Balaban J connectivity index is 2.22. The highest BCUT2D eigenvalue weighted by molar-refractivity contribution is 5.76. The van der Waals surface area contributed by atoms with E-state index in [2.05, 4.69) is 16.5 Å². The summed E-state index contributed by atoms with van der Waals surface area (Å²) in [6.45, 7) is 4.10. The van der Waals surface area contributed by atoms with Crippen LogP contribution in [-0.4, -0.2) is 23.1 Å². The van der Waals surface area contributed by atoms with E-state index in [1.807, 2.05) is 11.3 Å². The van der Waals surface area contributed by atoms with Crippen LogP contribution >= 0.6 is 0 Å². The number of aromatic nitrogens is 5. The Kier molecular flexibility index (Phi) is 2.86. The van der Waals surface area contributed by atoms with Crippen LogP contribution < -0.4 is 11.2 Å². The molecule has 4 rings (SSSR count). The molecule has 0 spiro atoms. The molecule has 3 heterocycles.